The van der Waals surface area contributed by atoms with Gasteiger partial charge >= 0.3 is 0 Å². The monoisotopic (exact) mass is 423 g/mol. The normalized spacial score (nSPS) is 14.2. The summed E-state index contributed by atoms with van der Waals surface area (Å²) in [6.07, 6.45) is 3.59. The second kappa shape index (κ2) is 8.22. The van der Waals surface area contributed by atoms with Crippen LogP contribution < -0.4 is 4.74 Å². The molecule has 3 rings (SSSR count). The lowest BCUT2D eigenvalue weighted by atomic mass is 10.2. The Bertz CT molecular complexity index is 998. The molecule has 0 radical (unpaired) electrons. The molecule has 1 atom stereocenters. The highest BCUT2D eigenvalue weighted by atomic mass is 32.2. The second-order valence-electron chi connectivity index (χ2n) is 7.16. The summed E-state index contributed by atoms with van der Waals surface area (Å²) in [5.74, 6) is 1.63. The number of rotatable bonds is 8. The first-order valence-corrected chi connectivity index (χ1v) is 14.7. The maximum Gasteiger partial charge on any atom is 0.166 e. The number of hydrogen-bond donors (Lipinski definition) is 1. The molecule has 0 aliphatic carbocycles. The highest BCUT2D eigenvalue weighted by molar-refractivity contribution is 7.98. The van der Waals surface area contributed by atoms with Crippen molar-refractivity contribution in [3.05, 3.63) is 48.3 Å². The van der Waals surface area contributed by atoms with Crippen molar-refractivity contribution in [2.75, 3.05) is 32.2 Å². The molecular weight excluding hydrogens is 400 g/mol. The fourth-order valence-electron chi connectivity index (χ4n) is 2.75. The molecule has 0 spiro atoms. The fourth-order valence-corrected chi connectivity index (χ4v) is 10.1. The van der Waals surface area contributed by atoms with Crippen LogP contribution in [0.5, 0.6) is 5.75 Å². The van der Waals surface area contributed by atoms with E-state index < -0.39 is 14.3 Å². The van der Waals surface area contributed by atoms with Crippen LogP contribution in [0.2, 0.25) is 0 Å². The van der Waals surface area contributed by atoms with Crippen molar-refractivity contribution < 1.29 is 13.9 Å². The van der Waals surface area contributed by atoms with Gasteiger partial charge in [0.1, 0.15) is 19.2 Å². The topological polar surface area (TPSA) is 84.9 Å². The number of imidazole rings is 1. The quantitative estimate of drug-likeness (QED) is 0.398. The third-order valence-electron chi connectivity index (χ3n) is 3.68. The van der Waals surface area contributed by atoms with Crippen molar-refractivity contribution in [1.82, 2.24) is 15.0 Å². The van der Waals surface area contributed by atoms with Crippen molar-refractivity contribution in [3.63, 3.8) is 0 Å². The average Bonchev–Trinajstić information content (AvgIpc) is 3.00. The van der Waals surface area contributed by atoms with E-state index in [1.165, 1.54) is 0 Å². The number of hydrogen-bond acceptors (Lipinski definition) is 6. The zero-order valence-corrected chi connectivity index (χ0v) is 18.2. The lowest BCUT2D eigenvalue weighted by molar-refractivity contribution is 0.377. The molecule has 0 saturated carbocycles. The van der Waals surface area contributed by atoms with Crippen LogP contribution in [0.1, 0.15) is 5.56 Å². The van der Waals surface area contributed by atoms with Crippen LogP contribution in [-0.2, 0) is 14.9 Å². The van der Waals surface area contributed by atoms with Gasteiger partial charge in [0.05, 0.1) is 30.3 Å². The lowest BCUT2D eigenvalue weighted by Crippen LogP contribution is -2.02. The van der Waals surface area contributed by atoms with E-state index in [9.17, 15) is 9.13 Å². The van der Waals surface area contributed by atoms with Crippen molar-refractivity contribution >= 4 is 37.1 Å². The summed E-state index contributed by atoms with van der Waals surface area (Å²) in [5.41, 5.74) is 2.89. The van der Waals surface area contributed by atoms with Crippen molar-refractivity contribution in [1.29, 1.82) is 0 Å². The fraction of sp³-hybridized carbons (Fsp3) is 0.333. The van der Waals surface area contributed by atoms with Gasteiger partial charge in [-0.1, -0.05) is 23.9 Å². The third-order valence-corrected chi connectivity index (χ3v) is 10.4. The lowest BCUT2D eigenvalue weighted by Gasteiger charge is -2.17. The Morgan fingerprint density at radius 3 is 2.74 bits per heavy atom. The van der Waals surface area contributed by atoms with Gasteiger partial charge in [0.2, 0.25) is 0 Å². The van der Waals surface area contributed by atoms with Crippen LogP contribution >= 0.6 is 26.0 Å². The number of ether oxygens (including phenoxy) is 1. The van der Waals surface area contributed by atoms with E-state index in [-0.39, 0.29) is 12.3 Å². The van der Waals surface area contributed by atoms with Gasteiger partial charge in [-0.15, -0.1) is 0 Å². The zero-order valence-electron chi connectivity index (χ0n) is 15.6. The van der Waals surface area contributed by atoms with Crippen LogP contribution in [0, 0.1) is 0 Å². The highest BCUT2D eigenvalue weighted by Gasteiger charge is 2.24. The molecule has 27 heavy (non-hydrogen) atoms. The van der Waals surface area contributed by atoms with Crippen molar-refractivity contribution in [2.24, 2.45) is 0 Å². The number of aromatic nitrogens is 3. The molecule has 0 bridgehead atoms. The number of nitrogens with one attached hydrogen (secondary N) is 1. The molecule has 9 heteroatoms. The number of thioether (sulfide) groups is 1. The number of pyridine rings is 1. The van der Waals surface area contributed by atoms with Gasteiger partial charge < -0.3 is 18.9 Å². The second-order valence-corrected chi connectivity index (χ2v) is 15.3. The summed E-state index contributed by atoms with van der Waals surface area (Å²) in [5, 5.41) is 0.837. The van der Waals surface area contributed by atoms with E-state index in [0.717, 1.165) is 27.5 Å². The predicted molar refractivity (Wildman–Crippen MR) is 113 cm³/mol. The first kappa shape index (κ1) is 20.2. The highest BCUT2D eigenvalue weighted by Crippen LogP contribution is 2.55. The maximum absolute atomic E-state index is 12.6. The van der Waals surface area contributed by atoms with Crippen LogP contribution in [0.25, 0.3) is 11.0 Å². The number of H-pyrrole nitrogens is 1. The first-order valence-electron chi connectivity index (χ1n) is 8.44. The molecule has 0 amide bonds. The molecule has 0 saturated heterocycles. The Hall–Kier alpha value is -1.55. The Labute approximate surface area is 163 Å². The molecule has 144 valence electrons. The van der Waals surface area contributed by atoms with E-state index in [1.807, 2.05) is 30.3 Å². The number of aromatic amines is 1. The zero-order chi connectivity index (χ0) is 19.5. The SMILES string of the molecule is CP(C)(=O)CP(C)(=O)COc1cccc(CSc2nc3ccncc3[nH]2)c1. The van der Waals surface area contributed by atoms with E-state index in [0.29, 0.717) is 5.75 Å². The Kier molecular flexibility index (Phi) is 6.15. The summed E-state index contributed by atoms with van der Waals surface area (Å²) >= 11 is 1.60. The number of benzene rings is 1. The van der Waals surface area contributed by atoms with Gasteiger partial charge in [-0.25, -0.2) is 4.98 Å². The minimum absolute atomic E-state index is 0.103. The molecule has 2 aromatic heterocycles. The van der Waals surface area contributed by atoms with Crippen molar-refractivity contribution in [2.45, 2.75) is 10.9 Å². The van der Waals surface area contributed by atoms with E-state index in [1.54, 1.807) is 44.2 Å². The molecule has 3 aromatic rings. The number of nitrogens with zero attached hydrogens (tertiary/aromatic N) is 2. The predicted octanol–water partition coefficient (Wildman–Crippen LogP) is 5.16. The van der Waals surface area contributed by atoms with E-state index in [4.69, 9.17) is 4.74 Å². The average molecular weight is 423 g/mol. The van der Waals surface area contributed by atoms with Crippen LogP contribution in [0.15, 0.2) is 47.9 Å². The van der Waals surface area contributed by atoms with E-state index in [2.05, 4.69) is 15.0 Å². The van der Waals surface area contributed by atoms with E-state index >= 15 is 0 Å². The summed E-state index contributed by atoms with van der Waals surface area (Å²) in [6, 6.07) is 9.59. The minimum atomic E-state index is -2.59. The molecule has 0 aliphatic rings. The van der Waals surface area contributed by atoms with Crippen LogP contribution in [-0.4, -0.2) is 47.2 Å². The molecule has 1 N–H and O–H groups in total. The molecule has 1 aromatic carbocycles. The molecule has 1 unspecified atom stereocenters. The summed E-state index contributed by atoms with van der Waals surface area (Å²) < 4.78 is 30.2. The van der Waals surface area contributed by atoms with Gasteiger partial charge in [-0.05, 0) is 43.8 Å². The Morgan fingerprint density at radius 2 is 2.00 bits per heavy atom. The molecule has 0 aliphatic heterocycles. The Balaban J connectivity index is 1.60. The smallest absolute Gasteiger partial charge is 0.166 e. The van der Waals surface area contributed by atoms with Crippen LogP contribution in [0.3, 0.4) is 0 Å². The van der Waals surface area contributed by atoms with Gasteiger partial charge in [-0.3, -0.25) is 4.98 Å². The maximum atomic E-state index is 12.6. The molecule has 0 fully saturated rings. The van der Waals surface area contributed by atoms with Gasteiger partial charge in [-0.2, -0.15) is 0 Å². The minimum Gasteiger partial charge on any atom is -0.486 e. The summed E-state index contributed by atoms with van der Waals surface area (Å²) in [6.45, 7) is 4.98. The standard InChI is InChI=1S/C18H23N3O3P2S/c1-25(2,22)13-26(3,23)12-24-15-6-4-5-14(9-15)11-27-18-20-16-7-8-19-10-17(16)21-18/h4-10H,11-13H2,1-3H3,(H,20,21). The first-order chi connectivity index (χ1) is 12.7. The molecule has 6 nitrogen and oxygen atoms in total. The van der Waals surface area contributed by atoms with Gasteiger partial charge in [0.15, 0.2) is 5.16 Å². The van der Waals surface area contributed by atoms with Crippen LogP contribution in [0.4, 0.5) is 0 Å². The molecule has 2 heterocycles. The summed E-state index contributed by atoms with van der Waals surface area (Å²) in [7, 11) is -4.92. The third kappa shape index (κ3) is 6.24. The van der Waals surface area contributed by atoms with Gasteiger partial charge in [0.25, 0.3) is 0 Å². The largest absolute Gasteiger partial charge is 0.486 e. The summed E-state index contributed by atoms with van der Waals surface area (Å²) in [4.78, 5) is 11.8. The van der Waals surface area contributed by atoms with Gasteiger partial charge in [0, 0.05) is 11.9 Å². The number of fused-ring (bicyclic) bond motifs is 1. The Morgan fingerprint density at radius 1 is 1.19 bits per heavy atom. The molecular formula is C18H23N3O3P2S. The van der Waals surface area contributed by atoms with Crippen molar-refractivity contribution in [3.8, 4) is 5.75 Å².